The molecule has 1 aromatic heterocycles. The Labute approximate surface area is 124 Å². The van der Waals surface area contributed by atoms with E-state index in [0.29, 0.717) is 5.56 Å². The quantitative estimate of drug-likeness (QED) is 0.897. The SMILES string of the molecule is N#Cc1ccnc(N2CCC(NS(=O)(=O)C3CC3)CC2)c1. The van der Waals surface area contributed by atoms with Crippen molar-refractivity contribution in [3.63, 3.8) is 0 Å². The van der Waals surface area contributed by atoms with E-state index in [1.54, 1.807) is 18.3 Å². The Kier molecular flexibility index (Phi) is 3.83. The van der Waals surface area contributed by atoms with Gasteiger partial charge in [-0.2, -0.15) is 5.26 Å². The van der Waals surface area contributed by atoms with Crippen molar-refractivity contribution in [1.82, 2.24) is 9.71 Å². The lowest BCUT2D eigenvalue weighted by Gasteiger charge is -2.33. The number of sulfonamides is 1. The molecule has 3 rings (SSSR count). The summed E-state index contributed by atoms with van der Waals surface area (Å²) < 4.78 is 26.7. The minimum Gasteiger partial charge on any atom is -0.356 e. The second kappa shape index (κ2) is 5.62. The number of nitrogens with zero attached hydrogens (tertiary/aromatic N) is 3. The number of pyridine rings is 1. The van der Waals surface area contributed by atoms with E-state index in [1.165, 1.54) is 0 Å². The molecule has 21 heavy (non-hydrogen) atoms. The van der Waals surface area contributed by atoms with Crippen LogP contribution in [0, 0.1) is 11.3 Å². The first-order chi connectivity index (χ1) is 10.1. The highest BCUT2D eigenvalue weighted by molar-refractivity contribution is 7.90. The lowest BCUT2D eigenvalue weighted by atomic mass is 10.1. The first-order valence-corrected chi connectivity index (χ1v) is 8.75. The zero-order valence-electron chi connectivity index (χ0n) is 11.7. The Hall–Kier alpha value is -1.65. The third-order valence-electron chi connectivity index (χ3n) is 3.99. The molecule has 1 aliphatic heterocycles. The fraction of sp³-hybridized carbons (Fsp3) is 0.571. The van der Waals surface area contributed by atoms with Gasteiger partial charge in [-0.05, 0) is 37.8 Å². The summed E-state index contributed by atoms with van der Waals surface area (Å²) >= 11 is 0. The predicted octanol–water partition coefficient (Wildman–Crippen LogP) is 1.00. The molecule has 1 saturated carbocycles. The van der Waals surface area contributed by atoms with Gasteiger partial charge >= 0.3 is 0 Å². The maximum Gasteiger partial charge on any atom is 0.214 e. The second-order valence-corrected chi connectivity index (χ2v) is 7.63. The third kappa shape index (κ3) is 3.34. The molecule has 0 amide bonds. The zero-order valence-corrected chi connectivity index (χ0v) is 12.5. The number of hydrogen-bond donors (Lipinski definition) is 1. The molecule has 1 aromatic rings. The van der Waals surface area contributed by atoms with E-state index in [0.717, 1.165) is 44.6 Å². The van der Waals surface area contributed by atoms with Crippen LogP contribution in [0.25, 0.3) is 0 Å². The molecule has 2 aliphatic rings. The van der Waals surface area contributed by atoms with Gasteiger partial charge in [0.1, 0.15) is 5.82 Å². The summed E-state index contributed by atoms with van der Waals surface area (Å²) in [5, 5.41) is 8.75. The average molecular weight is 306 g/mol. The standard InChI is InChI=1S/C14H18N4O2S/c15-10-11-3-6-16-14(9-11)18-7-4-12(5-8-18)17-21(19,20)13-1-2-13/h3,6,9,12-13,17H,1-2,4-5,7-8H2. The van der Waals surface area contributed by atoms with Crippen LogP contribution in [0.15, 0.2) is 18.3 Å². The molecule has 6 nitrogen and oxygen atoms in total. The van der Waals surface area contributed by atoms with E-state index < -0.39 is 10.0 Å². The molecule has 0 aromatic carbocycles. The van der Waals surface area contributed by atoms with Crippen molar-refractivity contribution in [2.24, 2.45) is 0 Å². The minimum atomic E-state index is -3.11. The summed E-state index contributed by atoms with van der Waals surface area (Å²) in [6, 6.07) is 5.58. The van der Waals surface area contributed by atoms with E-state index in [4.69, 9.17) is 5.26 Å². The first-order valence-electron chi connectivity index (χ1n) is 7.21. The Morgan fingerprint density at radius 2 is 2.00 bits per heavy atom. The lowest BCUT2D eigenvalue weighted by molar-refractivity contribution is 0.458. The van der Waals surface area contributed by atoms with Crippen LogP contribution in [0.3, 0.4) is 0 Å². The van der Waals surface area contributed by atoms with E-state index >= 15 is 0 Å². The van der Waals surface area contributed by atoms with Crippen molar-refractivity contribution in [3.05, 3.63) is 23.9 Å². The van der Waals surface area contributed by atoms with Crippen molar-refractivity contribution < 1.29 is 8.42 Å². The molecule has 0 spiro atoms. The first kappa shape index (κ1) is 14.3. The molecule has 7 heteroatoms. The number of nitriles is 1. The van der Waals surface area contributed by atoms with Gasteiger partial charge in [0.25, 0.3) is 0 Å². The Bertz CT molecular complexity index is 656. The van der Waals surface area contributed by atoms with Gasteiger partial charge in [0, 0.05) is 25.3 Å². The number of nitrogens with one attached hydrogen (secondary N) is 1. The normalized spacial score (nSPS) is 20.2. The van der Waals surface area contributed by atoms with E-state index in [-0.39, 0.29) is 11.3 Å². The molecule has 0 bridgehead atoms. The van der Waals surface area contributed by atoms with Gasteiger partial charge in [0.05, 0.1) is 16.9 Å². The summed E-state index contributed by atoms with van der Waals surface area (Å²) in [4.78, 5) is 6.38. The highest BCUT2D eigenvalue weighted by atomic mass is 32.2. The smallest absolute Gasteiger partial charge is 0.214 e. The van der Waals surface area contributed by atoms with Gasteiger partial charge < -0.3 is 4.90 Å². The van der Waals surface area contributed by atoms with Crippen molar-refractivity contribution in [2.45, 2.75) is 37.0 Å². The van der Waals surface area contributed by atoms with Crippen LogP contribution in [-0.4, -0.2) is 37.8 Å². The van der Waals surface area contributed by atoms with E-state index in [9.17, 15) is 8.42 Å². The third-order valence-corrected chi connectivity index (χ3v) is 6.00. The largest absolute Gasteiger partial charge is 0.356 e. The molecule has 1 N–H and O–H groups in total. The van der Waals surface area contributed by atoms with Crippen molar-refractivity contribution in [2.75, 3.05) is 18.0 Å². The van der Waals surface area contributed by atoms with Crippen LogP contribution < -0.4 is 9.62 Å². The lowest BCUT2D eigenvalue weighted by Crippen LogP contribution is -2.45. The average Bonchev–Trinajstić information content (AvgIpc) is 3.33. The minimum absolute atomic E-state index is 0.0194. The highest BCUT2D eigenvalue weighted by Crippen LogP contribution is 2.28. The number of hydrogen-bond acceptors (Lipinski definition) is 5. The predicted molar refractivity (Wildman–Crippen MR) is 79.3 cm³/mol. The summed E-state index contributed by atoms with van der Waals surface area (Å²) in [5.41, 5.74) is 0.594. The van der Waals surface area contributed by atoms with Gasteiger partial charge in [-0.3, -0.25) is 0 Å². The number of anilines is 1. The van der Waals surface area contributed by atoms with E-state index in [2.05, 4.69) is 20.7 Å². The molecule has 2 fully saturated rings. The van der Waals surface area contributed by atoms with Crippen molar-refractivity contribution in [3.8, 4) is 6.07 Å². The number of piperidine rings is 1. The van der Waals surface area contributed by atoms with Gasteiger partial charge in [0.2, 0.25) is 10.0 Å². The number of rotatable bonds is 4. The fourth-order valence-corrected chi connectivity index (χ4v) is 4.24. The van der Waals surface area contributed by atoms with Gasteiger partial charge in [-0.25, -0.2) is 18.1 Å². The van der Waals surface area contributed by atoms with Crippen LogP contribution in [0.4, 0.5) is 5.82 Å². The van der Waals surface area contributed by atoms with Gasteiger partial charge in [-0.15, -0.1) is 0 Å². The van der Waals surface area contributed by atoms with E-state index in [1.807, 2.05) is 0 Å². The highest BCUT2D eigenvalue weighted by Gasteiger charge is 2.37. The maximum absolute atomic E-state index is 11.9. The Balaban J connectivity index is 1.58. The summed E-state index contributed by atoms with van der Waals surface area (Å²) in [7, 11) is -3.11. The van der Waals surface area contributed by atoms with Crippen LogP contribution in [0.1, 0.15) is 31.2 Å². The van der Waals surface area contributed by atoms with Crippen LogP contribution >= 0.6 is 0 Å². The van der Waals surface area contributed by atoms with Gasteiger partial charge in [-0.1, -0.05) is 0 Å². The molecule has 112 valence electrons. The molecule has 0 radical (unpaired) electrons. The van der Waals surface area contributed by atoms with Crippen LogP contribution in [-0.2, 0) is 10.0 Å². The van der Waals surface area contributed by atoms with Gasteiger partial charge in [0.15, 0.2) is 0 Å². The van der Waals surface area contributed by atoms with Crippen LogP contribution in [0.2, 0.25) is 0 Å². The monoisotopic (exact) mass is 306 g/mol. The summed E-state index contributed by atoms with van der Waals surface area (Å²) in [6.07, 6.45) is 4.75. The molecular formula is C14H18N4O2S. The van der Waals surface area contributed by atoms with Crippen LogP contribution in [0.5, 0.6) is 0 Å². The fourth-order valence-electron chi connectivity index (χ4n) is 2.59. The Morgan fingerprint density at radius 1 is 1.29 bits per heavy atom. The zero-order chi connectivity index (χ0) is 14.9. The topological polar surface area (TPSA) is 86.1 Å². The molecular weight excluding hydrogens is 288 g/mol. The summed E-state index contributed by atoms with van der Waals surface area (Å²) in [5.74, 6) is 0.789. The molecule has 2 heterocycles. The molecule has 0 atom stereocenters. The molecule has 1 aliphatic carbocycles. The Morgan fingerprint density at radius 3 is 2.62 bits per heavy atom. The summed E-state index contributed by atoms with van der Waals surface area (Å²) in [6.45, 7) is 1.50. The maximum atomic E-state index is 11.9. The molecule has 0 unspecified atom stereocenters. The van der Waals surface area contributed by atoms with Crippen molar-refractivity contribution in [1.29, 1.82) is 5.26 Å². The molecule has 1 saturated heterocycles. The number of aromatic nitrogens is 1. The second-order valence-electron chi connectivity index (χ2n) is 5.64. The van der Waals surface area contributed by atoms with Crippen molar-refractivity contribution >= 4 is 15.8 Å².